The predicted octanol–water partition coefficient (Wildman–Crippen LogP) is 5.07. The second kappa shape index (κ2) is 11.0. The molecule has 0 bridgehead atoms. The van der Waals surface area contributed by atoms with Crippen LogP contribution >= 0.6 is 7.37 Å². The first-order valence-corrected chi connectivity index (χ1v) is 13.2. The summed E-state index contributed by atoms with van der Waals surface area (Å²) in [7, 11) is -3.81. The van der Waals surface area contributed by atoms with Gasteiger partial charge >= 0.3 is 5.97 Å². The van der Waals surface area contributed by atoms with E-state index in [-0.39, 0.29) is 18.4 Å². The van der Waals surface area contributed by atoms with Gasteiger partial charge in [-0.1, -0.05) is 49.4 Å². The molecule has 180 valence electrons. The van der Waals surface area contributed by atoms with Crippen molar-refractivity contribution in [2.24, 2.45) is 0 Å². The molecular weight excluding hydrogens is 456 g/mol. The number of aromatic nitrogens is 1. The Hall–Kier alpha value is -2.86. The summed E-state index contributed by atoms with van der Waals surface area (Å²) >= 11 is 0. The molecule has 0 saturated carbocycles. The maximum absolute atomic E-state index is 13.7. The standard InChI is InChI=1S/C26H29FNO5P/c1-3-23-22(13-14-34(32,33)16-21(29)15-24(30)31)25(18-9-11-20(27)12-10-18)17(2)26(28-23)19-7-5-4-6-8-19/h4-12,21,29H,3,13-16H2,1-2H3,(H,30,31)(H,32,33)/t21-/m1/s1. The van der Waals surface area contributed by atoms with Crippen molar-refractivity contribution in [3.05, 3.63) is 77.2 Å². The maximum Gasteiger partial charge on any atom is 0.305 e. The lowest BCUT2D eigenvalue weighted by molar-refractivity contribution is -0.138. The number of carbonyl (C=O) groups is 1. The Balaban J connectivity index is 2.07. The van der Waals surface area contributed by atoms with E-state index in [0.717, 1.165) is 39.2 Å². The average Bonchev–Trinajstić information content (AvgIpc) is 2.78. The molecule has 8 heteroatoms. The van der Waals surface area contributed by atoms with Gasteiger partial charge in [0.25, 0.3) is 0 Å². The van der Waals surface area contributed by atoms with E-state index < -0.39 is 32.0 Å². The molecule has 0 radical (unpaired) electrons. The second-order valence-corrected chi connectivity index (χ2v) is 10.9. The number of aliphatic hydroxyl groups excluding tert-OH is 1. The molecule has 2 atom stereocenters. The van der Waals surface area contributed by atoms with Gasteiger partial charge in [-0.2, -0.15) is 0 Å². The Morgan fingerprint density at radius 1 is 1.09 bits per heavy atom. The van der Waals surface area contributed by atoms with Crippen molar-refractivity contribution in [3.8, 4) is 22.4 Å². The Morgan fingerprint density at radius 2 is 1.74 bits per heavy atom. The van der Waals surface area contributed by atoms with E-state index in [1.807, 2.05) is 44.2 Å². The third-order valence-corrected chi connectivity index (χ3v) is 7.67. The lowest BCUT2D eigenvalue weighted by Gasteiger charge is -2.21. The molecule has 3 rings (SSSR count). The molecule has 0 aliphatic heterocycles. The number of benzene rings is 2. The van der Waals surface area contributed by atoms with E-state index in [1.54, 1.807) is 12.1 Å². The van der Waals surface area contributed by atoms with Gasteiger partial charge in [0, 0.05) is 17.4 Å². The summed E-state index contributed by atoms with van der Waals surface area (Å²) in [5.74, 6) is -1.58. The lowest BCUT2D eigenvalue weighted by Crippen LogP contribution is -2.19. The summed E-state index contributed by atoms with van der Waals surface area (Å²) in [6, 6.07) is 15.8. The van der Waals surface area contributed by atoms with Crippen molar-refractivity contribution >= 4 is 13.3 Å². The van der Waals surface area contributed by atoms with Crippen LogP contribution in [-0.2, 0) is 22.2 Å². The van der Waals surface area contributed by atoms with Crippen LogP contribution in [-0.4, -0.2) is 44.5 Å². The zero-order valence-corrected chi connectivity index (χ0v) is 20.1. The van der Waals surface area contributed by atoms with Crippen molar-refractivity contribution in [3.63, 3.8) is 0 Å². The molecule has 34 heavy (non-hydrogen) atoms. The van der Waals surface area contributed by atoms with Gasteiger partial charge < -0.3 is 15.1 Å². The number of rotatable bonds is 10. The molecule has 1 unspecified atom stereocenters. The summed E-state index contributed by atoms with van der Waals surface area (Å²) in [5, 5.41) is 18.7. The normalized spacial score (nSPS) is 13.9. The van der Waals surface area contributed by atoms with Crippen LogP contribution in [0.5, 0.6) is 0 Å². The largest absolute Gasteiger partial charge is 0.481 e. The van der Waals surface area contributed by atoms with Crippen LogP contribution in [0.2, 0.25) is 0 Å². The molecule has 3 N–H and O–H groups in total. The Morgan fingerprint density at radius 3 is 2.32 bits per heavy atom. The molecule has 3 aromatic rings. The highest BCUT2D eigenvalue weighted by atomic mass is 31.2. The highest BCUT2D eigenvalue weighted by Gasteiger charge is 2.26. The van der Waals surface area contributed by atoms with Crippen molar-refractivity contribution in [1.29, 1.82) is 0 Å². The van der Waals surface area contributed by atoms with Gasteiger partial charge in [-0.15, -0.1) is 0 Å². The maximum atomic E-state index is 13.7. The van der Waals surface area contributed by atoms with Gasteiger partial charge in [0.05, 0.1) is 24.4 Å². The second-order valence-electron chi connectivity index (χ2n) is 8.37. The lowest BCUT2D eigenvalue weighted by atomic mass is 9.89. The number of aryl methyl sites for hydroxylation is 1. The van der Waals surface area contributed by atoms with Crippen LogP contribution in [0.4, 0.5) is 4.39 Å². The number of aliphatic hydroxyl groups is 1. The quantitative estimate of drug-likeness (QED) is 0.346. The van der Waals surface area contributed by atoms with Crippen molar-refractivity contribution in [2.75, 3.05) is 12.3 Å². The molecule has 0 aliphatic carbocycles. The van der Waals surface area contributed by atoms with E-state index in [4.69, 9.17) is 10.1 Å². The molecule has 1 heterocycles. The number of pyridine rings is 1. The van der Waals surface area contributed by atoms with E-state index >= 15 is 0 Å². The third-order valence-electron chi connectivity index (χ3n) is 5.76. The van der Waals surface area contributed by atoms with Crippen LogP contribution in [0, 0.1) is 12.7 Å². The first-order valence-electron chi connectivity index (χ1n) is 11.2. The Bertz CT molecular complexity index is 1200. The molecule has 0 fully saturated rings. The first kappa shape index (κ1) is 25.8. The summed E-state index contributed by atoms with van der Waals surface area (Å²) < 4.78 is 26.4. The minimum absolute atomic E-state index is 0.128. The first-order chi connectivity index (χ1) is 16.1. The summed E-state index contributed by atoms with van der Waals surface area (Å²) in [4.78, 5) is 26.2. The van der Waals surface area contributed by atoms with Crippen LogP contribution in [0.15, 0.2) is 54.6 Å². The molecule has 0 spiro atoms. The number of aliphatic carboxylic acids is 1. The van der Waals surface area contributed by atoms with Gasteiger partial charge in [-0.3, -0.25) is 14.3 Å². The fraction of sp³-hybridized carbons (Fsp3) is 0.308. The van der Waals surface area contributed by atoms with Crippen LogP contribution in [0.25, 0.3) is 22.4 Å². The molecular formula is C26H29FNO5P. The molecule has 6 nitrogen and oxygen atoms in total. The van der Waals surface area contributed by atoms with Crippen molar-refractivity contribution < 1.29 is 28.9 Å². The van der Waals surface area contributed by atoms with Crippen LogP contribution in [0.3, 0.4) is 0 Å². The molecule has 0 aliphatic rings. The monoisotopic (exact) mass is 485 g/mol. The van der Waals surface area contributed by atoms with Gasteiger partial charge in [-0.25, -0.2) is 4.39 Å². The summed E-state index contributed by atoms with van der Waals surface area (Å²) in [5.41, 5.74) is 5.81. The number of nitrogens with zero attached hydrogens (tertiary/aromatic N) is 1. The fourth-order valence-corrected chi connectivity index (χ4v) is 5.74. The molecule has 2 aromatic carbocycles. The van der Waals surface area contributed by atoms with E-state index in [0.29, 0.717) is 6.42 Å². The number of carboxylic acids is 1. The summed E-state index contributed by atoms with van der Waals surface area (Å²) in [6.45, 7) is 3.89. The van der Waals surface area contributed by atoms with Gasteiger partial charge in [0.2, 0.25) is 7.37 Å². The van der Waals surface area contributed by atoms with Crippen molar-refractivity contribution in [2.45, 2.75) is 39.2 Å². The zero-order valence-electron chi connectivity index (χ0n) is 19.2. The highest BCUT2D eigenvalue weighted by Crippen LogP contribution is 2.44. The zero-order chi connectivity index (χ0) is 24.9. The Labute approximate surface area is 198 Å². The van der Waals surface area contributed by atoms with E-state index in [1.165, 1.54) is 12.1 Å². The fourth-order valence-electron chi connectivity index (χ4n) is 4.19. The van der Waals surface area contributed by atoms with E-state index in [9.17, 15) is 23.7 Å². The average molecular weight is 485 g/mol. The van der Waals surface area contributed by atoms with Gasteiger partial charge in [0.1, 0.15) is 5.82 Å². The van der Waals surface area contributed by atoms with Crippen LogP contribution in [0.1, 0.15) is 30.2 Å². The third kappa shape index (κ3) is 6.38. The summed E-state index contributed by atoms with van der Waals surface area (Å²) in [6.07, 6.45) is -1.79. The SMILES string of the molecule is CCc1nc(-c2ccccc2)c(C)c(-c2ccc(F)cc2)c1CCP(=O)(O)C[C@H](O)CC(=O)O. The topological polar surface area (TPSA) is 108 Å². The van der Waals surface area contributed by atoms with Crippen molar-refractivity contribution in [1.82, 2.24) is 4.98 Å². The molecule has 0 amide bonds. The minimum atomic E-state index is -3.81. The minimum Gasteiger partial charge on any atom is -0.481 e. The number of hydrogen-bond donors (Lipinski definition) is 3. The smallest absolute Gasteiger partial charge is 0.305 e. The number of carboxylic acid groups (broad SMARTS) is 1. The number of hydrogen-bond acceptors (Lipinski definition) is 4. The van der Waals surface area contributed by atoms with Crippen LogP contribution < -0.4 is 0 Å². The van der Waals surface area contributed by atoms with Gasteiger partial charge in [-0.05, 0) is 54.2 Å². The van der Waals surface area contributed by atoms with E-state index in [2.05, 4.69) is 0 Å². The molecule has 0 saturated heterocycles. The van der Waals surface area contributed by atoms with Gasteiger partial charge in [0.15, 0.2) is 0 Å². The predicted molar refractivity (Wildman–Crippen MR) is 131 cm³/mol. The highest BCUT2D eigenvalue weighted by molar-refractivity contribution is 7.58. The Kier molecular flexibility index (Phi) is 8.37. The molecule has 1 aromatic heterocycles. The number of halogens is 1.